The number of benzene rings is 7. The van der Waals surface area contributed by atoms with Crippen LogP contribution in [0.25, 0.3) is 38.6 Å². The predicted octanol–water partition coefficient (Wildman–Crippen LogP) is 9.56. The molecule has 0 N–H and O–H groups in total. The molecule has 0 amide bonds. The second-order valence-electron chi connectivity index (χ2n) is 15.6. The number of hydrogen-bond acceptors (Lipinski definition) is 0. The van der Waals surface area contributed by atoms with Gasteiger partial charge in [0, 0.05) is 22.4 Å². The molecule has 3 heteroatoms. The number of allylic oxidation sites excluding steroid dienone is 2. The number of aromatic nitrogens is 1. The van der Waals surface area contributed by atoms with Gasteiger partial charge in [0.1, 0.15) is 8.07 Å². The molecule has 0 saturated carbocycles. The van der Waals surface area contributed by atoms with Gasteiger partial charge in [0.2, 0.25) is 0 Å². The first-order chi connectivity index (χ1) is 26.0. The van der Waals surface area contributed by atoms with Crippen LogP contribution in [0, 0.1) is 0 Å². The van der Waals surface area contributed by atoms with Crippen molar-refractivity contribution in [2.24, 2.45) is 0 Å². The normalized spacial score (nSPS) is 17.5. The van der Waals surface area contributed by atoms with Gasteiger partial charge in [-0.15, -0.1) is 0 Å². The topological polar surface area (TPSA) is 4.93 Å². The molecule has 256 valence electrons. The largest absolute Gasteiger partial charge is 0.309 e. The van der Waals surface area contributed by atoms with Gasteiger partial charge in [0.15, 0.2) is 8.07 Å². The van der Waals surface area contributed by atoms with Gasteiger partial charge in [0.25, 0.3) is 0 Å². The maximum atomic E-state index is 2.64. The zero-order chi connectivity index (χ0) is 35.6. The second-order valence-corrected chi connectivity index (χ2v) is 24.0. The summed E-state index contributed by atoms with van der Waals surface area (Å²) in [7, 11) is -4.33. The first-order valence-electron chi connectivity index (χ1n) is 19.2. The molecule has 2 unspecified atom stereocenters. The fourth-order valence-electron chi connectivity index (χ4n) is 10.0. The van der Waals surface area contributed by atoms with E-state index >= 15 is 0 Å². The Balaban J connectivity index is 1.13. The van der Waals surface area contributed by atoms with Gasteiger partial charge >= 0.3 is 0 Å². The van der Waals surface area contributed by atoms with Crippen LogP contribution < -0.4 is 25.9 Å². The zero-order valence-electron chi connectivity index (χ0n) is 30.4. The standard InChI is InChI=1S/C50H43NSi2/c1-52(2)49-25-15-13-23-44(49)45-32-28-37(34-50(45)52)36-26-29-41(30-27-36)53(39-18-8-4-9-19-39,40-20-10-5-11-21-40)42-31-33-48-46(35-42)43-22-12-14-24-47(43)51(48)38-16-6-3-7-17-38/h3-26,28-29,31-36,41H,27,30H2,1-2H3. The summed E-state index contributed by atoms with van der Waals surface area (Å²) in [5, 5.41) is 10.3. The first-order valence-corrected chi connectivity index (χ1v) is 24.3. The molecule has 7 aromatic carbocycles. The summed E-state index contributed by atoms with van der Waals surface area (Å²) in [6.07, 6.45) is 7.53. The summed E-state index contributed by atoms with van der Waals surface area (Å²) in [6.45, 7) is 5.06. The van der Waals surface area contributed by atoms with Gasteiger partial charge < -0.3 is 4.57 Å². The van der Waals surface area contributed by atoms with E-state index in [1.807, 2.05) is 0 Å². The van der Waals surface area contributed by atoms with Crippen molar-refractivity contribution in [3.63, 3.8) is 0 Å². The van der Waals surface area contributed by atoms with E-state index in [-0.39, 0.29) is 0 Å². The van der Waals surface area contributed by atoms with Gasteiger partial charge in [-0.3, -0.25) is 0 Å². The van der Waals surface area contributed by atoms with Gasteiger partial charge in [0.05, 0.1) is 11.0 Å². The van der Waals surface area contributed by atoms with Gasteiger partial charge in [-0.1, -0.05) is 177 Å². The SMILES string of the molecule is C[Si]1(C)c2ccccc2-c2ccc(C3C=CC([Si](c4ccccc4)(c4ccccc4)c4ccc5c(c4)c4ccccc4n5-c4ccccc4)CC3)cc21. The van der Waals surface area contributed by atoms with Crippen molar-refractivity contribution in [1.82, 2.24) is 4.57 Å². The van der Waals surface area contributed by atoms with Gasteiger partial charge in [-0.2, -0.15) is 0 Å². The highest BCUT2D eigenvalue weighted by molar-refractivity contribution is 7.12. The fourth-order valence-corrected chi connectivity index (χ4v) is 18.6. The fraction of sp³-hybridized carbons (Fsp3) is 0.120. The Morgan fingerprint density at radius 3 is 1.83 bits per heavy atom. The maximum absolute atomic E-state index is 2.64. The van der Waals surface area contributed by atoms with Crippen molar-refractivity contribution in [1.29, 1.82) is 0 Å². The number of rotatable bonds is 6. The lowest BCUT2D eigenvalue weighted by Crippen LogP contribution is -2.69. The average molecular weight is 714 g/mol. The monoisotopic (exact) mass is 713 g/mol. The Bertz CT molecular complexity index is 2620. The van der Waals surface area contributed by atoms with Crippen molar-refractivity contribution in [3.05, 3.63) is 194 Å². The number of para-hydroxylation sites is 2. The van der Waals surface area contributed by atoms with E-state index in [0.29, 0.717) is 11.5 Å². The molecule has 2 heterocycles. The maximum Gasteiger partial charge on any atom is 0.154 e. The smallest absolute Gasteiger partial charge is 0.154 e. The quantitative estimate of drug-likeness (QED) is 0.0920. The van der Waals surface area contributed by atoms with E-state index in [4.69, 9.17) is 0 Å². The van der Waals surface area contributed by atoms with Crippen molar-refractivity contribution < 1.29 is 0 Å². The van der Waals surface area contributed by atoms with Crippen molar-refractivity contribution in [2.45, 2.75) is 37.4 Å². The first kappa shape index (κ1) is 32.2. The van der Waals surface area contributed by atoms with Crippen LogP contribution in [0.4, 0.5) is 0 Å². The lowest BCUT2D eigenvalue weighted by atomic mass is 9.88. The van der Waals surface area contributed by atoms with Crippen molar-refractivity contribution >= 4 is 63.9 Å². The number of hydrogen-bond donors (Lipinski definition) is 0. The minimum absolute atomic E-state index is 0.410. The average Bonchev–Trinajstić information content (AvgIpc) is 3.67. The van der Waals surface area contributed by atoms with Crippen LogP contribution in [-0.2, 0) is 0 Å². The highest BCUT2D eigenvalue weighted by Gasteiger charge is 2.46. The minimum atomic E-state index is -2.60. The Labute approximate surface area is 314 Å². The van der Waals surface area contributed by atoms with Gasteiger partial charge in [-0.25, -0.2) is 0 Å². The Morgan fingerprint density at radius 2 is 1.11 bits per heavy atom. The molecule has 1 nitrogen and oxygen atoms in total. The molecule has 0 bridgehead atoms. The molecule has 2 atom stereocenters. The summed E-state index contributed by atoms with van der Waals surface area (Å²) in [4.78, 5) is 0. The summed E-state index contributed by atoms with van der Waals surface area (Å²) in [5.41, 5.74) is 8.51. The van der Waals surface area contributed by atoms with Crippen LogP contribution >= 0.6 is 0 Å². The Morgan fingerprint density at radius 1 is 0.491 bits per heavy atom. The summed E-state index contributed by atoms with van der Waals surface area (Å²) >= 11 is 0. The number of fused-ring (bicyclic) bond motifs is 6. The molecular weight excluding hydrogens is 671 g/mol. The van der Waals surface area contributed by atoms with Crippen LogP contribution in [0.3, 0.4) is 0 Å². The lowest BCUT2D eigenvalue weighted by Gasteiger charge is -2.41. The minimum Gasteiger partial charge on any atom is -0.309 e. The van der Waals surface area contributed by atoms with Crippen LogP contribution in [0.5, 0.6) is 0 Å². The summed E-state index contributed by atoms with van der Waals surface area (Å²) in [5.74, 6) is 0.426. The lowest BCUT2D eigenvalue weighted by molar-refractivity contribution is 0.647. The molecule has 1 aromatic heterocycles. The zero-order valence-corrected chi connectivity index (χ0v) is 32.4. The van der Waals surface area contributed by atoms with E-state index in [2.05, 4.69) is 206 Å². The van der Waals surface area contributed by atoms with Crippen LogP contribution in [0.1, 0.15) is 24.3 Å². The molecule has 0 saturated heterocycles. The van der Waals surface area contributed by atoms with E-state index in [1.54, 1.807) is 10.4 Å². The van der Waals surface area contributed by atoms with E-state index in [1.165, 1.54) is 59.7 Å². The molecule has 8 aromatic rings. The summed E-state index contributed by atoms with van der Waals surface area (Å²) < 4.78 is 2.44. The third-order valence-electron chi connectivity index (χ3n) is 12.6. The molecule has 0 spiro atoms. The highest BCUT2D eigenvalue weighted by Crippen LogP contribution is 2.40. The molecule has 2 aliphatic rings. The highest BCUT2D eigenvalue weighted by atomic mass is 28.3. The van der Waals surface area contributed by atoms with Crippen molar-refractivity contribution in [2.75, 3.05) is 0 Å². The summed E-state index contributed by atoms with van der Waals surface area (Å²) in [6, 6.07) is 66.8. The van der Waals surface area contributed by atoms with Crippen molar-refractivity contribution in [3.8, 4) is 16.8 Å². The third kappa shape index (κ3) is 4.95. The van der Waals surface area contributed by atoms with Crippen LogP contribution in [0.2, 0.25) is 18.6 Å². The molecule has 1 aliphatic carbocycles. The van der Waals surface area contributed by atoms with E-state index < -0.39 is 16.1 Å². The molecular formula is C50H43NSi2. The van der Waals surface area contributed by atoms with Crippen LogP contribution in [-0.4, -0.2) is 20.7 Å². The molecule has 0 fully saturated rings. The Hall–Kier alpha value is -5.49. The molecule has 10 rings (SSSR count). The molecule has 53 heavy (non-hydrogen) atoms. The van der Waals surface area contributed by atoms with E-state index in [0.717, 1.165) is 12.8 Å². The third-order valence-corrected chi connectivity index (χ3v) is 21.4. The second kappa shape index (κ2) is 12.6. The van der Waals surface area contributed by atoms with E-state index in [9.17, 15) is 0 Å². The predicted molar refractivity (Wildman–Crippen MR) is 232 cm³/mol. The van der Waals surface area contributed by atoms with Crippen LogP contribution in [0.15, 0.2) is 188 Å². The molecule has 1 aliphatic heterocycles. The van der Waals surface area contributed by atoms with Gasteiger partial charge in [-0.05, 0) is 85.3 Å². The molecule has 0 radical (unpaired) electrons. The number of nitrogens with zero attached hydrogens (tertiary/aromatic N) is 1. The Kier molecular flexibility index (Phi) is 7.64.